The van der Waals surface area contributed by atoms with Gasteiger partial charge in [0.1, 0.15) is 18.3 Å². The normalized spacial score (nSPS) is 15.9. The molecule has 0 saturated carbocycles. The van der Waals surface area contributed by atoms with Crippen LogP contribution < -0.4 is 0 Å². The highest BCUT2D eigenvalue weighted by atomic mass is 28.5. The molecule has 0 rings (SSSR count). The maximum absolute atomic E-state index is 11.8. The van der Waals surface area contributed by atoms with E-state index in [1.54, 1.807) is 13.8 Å². The van der Waals surface area contributed by atoms with E-state index in [2.05, 4.69) is 39.3 Å². The highest BCUT2D eigenvalue weighted by molar-refractivity contribution is 6.89. The highest BCUT2D eigenvalue weighted by Gasteiger charge is 2.45. The van der Waals surface area contributed by atoms with Crippen LogP contribution >= 0.6 is 0 Å². The van der Waals surface area contributed by atoms with Gasteiger partial charge in [-0.25, -0.2) is 9.59 Å². The molecule has 0 saturated heterocycles. The molecule has 0 aliphatic carbocycles. The summed E-state index contributed by atoms with van der Waals surface area (Å²) in [5.74, 6) is -0.808. The van der Waals surface area contributed by atoms with Gasteiger partial charge in [0.25, 0.3) is 0 Å². The summed E-state index contributed by atoms with van der Waals surface area (Å²) >= 11 is 0. The molecule has 12 nitrogen and oxygen atoms in total. The molecular weight excluding hydrogens is 653 g/mol. The molecule has 16 heteroatoms. The van der Waals surface area contributed by atoms with Gasteiger partial charge in [-0.3, -0.25) is 0 Å². The van der Waals surface area contributed by atoms with Gasteiger partial charge in [-0.05, 0) is 97.1 Å². The summed E-state index contributed by atoms with van der Waals surface area (Å²) in [6.07, 6.45) is -2.42. The van der Waals surface area contributed by atoms with E-state index in [0.29, 0.717) is 43.1 Å². The largest absolute Gasteiger partial charge is 0.462 e. The van der Waals surface area contributed by atoms with Crippen LogP contribution in [0.2, 0.25) is 64.0 Å². The number of rotatable bonds is 25. The van der Waals surface area contributed by atoms with Crippen molar-refractivity contribution in [2.24, 2.45) is 0 Å². The summed E-state index contributed by atoms with van der Waals surface area (Å²) < 4.78 is 36.5. The summed E-state index contributed by atoms with van der Waals surface area (Å²) in [6, 6.07) is 2.12. The van der Waals surface area contributed by atoms with Crippen molar-refractivity contribution in [3.05, 3.63) is 24.3 Å². The minimum absolute atomic E-state index is 0.202. The molecule has 0 aromatic rings. The van der Waals surface area contributed by atoms with Crippen molar-refractivity contribution in [1.29, 1.82) is 0 Å². The van der Waals surface area contributed by atoms with E-state index in [1.165, 1.54) is 0 Å². The van der Waals surface area contributed by atoms with E-state index in [4.69, 9.17) is 31.7 Å². The average molecular weight is 713 g/mol. The van der Waals surface area contributed by atoms with Gasteiger partial charge in [-0.2, -0.15) is 0 Å². The highest BCUT2D eigenvalue weighted by Crippen LogP contribution is 2.30. The van der Waals surface area contributed by atoms with Crippen LogP contribution in [-0.4, -0.2) is 117 Å². The fraction of sp³-hybridized carbons (Fsp3) is 0.793. The standard InChI is InChI=1S/C29H60O12Si4/c1-23(2)28(34)37-16-13-18-42(5,6)39-44(9,10)41-45(11,20-12-15-36-22-26(32)27(33)25(31)21-30)40-43(7,8)19-14-17-38-29(35)24(3)4/h25-27,30-33H,1,3,12-22H2,2,4-11H3. The molecule has 0 aromatic heterocycles. The van der Waals surface area contributed by atoms with Crippen molar-refractivity contribution in [1.82, 2.24) is 0 Å². The van der Waals surface area contributed by atoms with Crippen molar-refractivity contribution in [2.45, 2.75) is 115 Å². The van der Waals surface area contributed by atoms with Crippen LogP contribution in [0.15, 0.2) is 24.3 Å². The van der Waals surface area contributed by atoms with Crippen LogP contribution in [-0.2, 0) is 36.1 Å². The molecule has 0 aliphatic rings. The molecule has 0 spiro atoms. The van der Waals surface area contributed by atoms with Crippen LogP contribution in [0.1, 0.15) is 33.1 Å². The van der Waals surface area contributed by atoms with Crippen molar-refractivity contribution < 1.29 is 56.6 Å². The van der Waals surface area contributed by atoms with Crippen LogP contribution in [0.4, 0.5) is 0 Å². The van der Waals surface area contributed by atoms with Gasteiger partial charge in [-0.15, -0.1) is 0 Å². The third-order valence-electron chi connectivity index (χ3n) is 6.67. The van der Waals surface area contributed by atoms with Crippen LogP contribution in [0.3, 0.4) is 0 Å². The number of esters is 2. The minimum atomic E-state index is -2.85. The van der Waals surface area contributed by atoms with E-state index in [0.717, 1.165) is 12.1 Å². The Balaban J connectivity index is 5.42. The molecule has 4 atom stereocenters. The van der Waals surface area contributed by atoms with Gasteiger partial charge in [0.05, 0.1) is 26.4 Å². The zero-order valence-electron chi connectivity index (χ0n) is 29.0. The number of aliphatic hydroxyl groups excluding tert-OH is 4. The first-order valence-electron chi connectivity index (χ1n) is 15.5. The van der Waals surface area contributed by atoms with Gasteiger partial charge in [-0.1, -0.05) is 13.2 Å². The number of carbonyl (C=O) groups is 2. The lowest BCUT2D eigenvalue weighted by Crippen LogP contribution is -2.57. The second-order valence-corrected chi connectivity index (χ2v) is 29.4. The van der Waals surface area contributed by atoms with E-state index < -0.39 is 70.6 Å². The molecule has 0 aromatic carbocycles. The van der Waals surface area contributed by atoms with Gasteiger partial charge < -0.3 is 47.0 Å². The molecule has 4 N–H and O–H groups in total. The predicted molar refractivity (Wildman–Crippen MR) is 183 cm³/mol. The first-order chi connectivity index (χ1) is 20.6. The van der Waals surface area contributed by atoms with Crippen LogP contribution in [0, 0.1) is 0 Å². The van der Waals surface area contributed by atoms with Crippen molar-refractivity contribution in [3.63, 3.8) is 0 Å². The second kappa shape index (κ2) is 20.4. The number of carbonyl (C=O) groups excluding carboxylic acids is 2. The topological polar surface area (TPSA) is 170 Å². The lowest BCUT2D eigenvalue weighted by Gasteiger charge is -2.42. The molecule has 264 valence electrons. The summed E-state index contributed by atoms with van der Waals surface area (Å²) in [5.41, 5.74) is 0.726. The van der Waals surface area contributed by atoms with Crippen molar-refractivity contribution in [3.8, 4) is 0 Å². The molecule has 0 amide bonds. The summed E-state index contributed by atoms with van der Waals surface area (Å²) in [4.78, 5) is 23.5. The molecule has 4 unspecified atom stereocenters. The predicted octanol–water partition coefficient (Wildman–Crippen LogP) is 3.72. The van der Waals surface area contributed by atoms with Gasteiger partial charge in [0, 0.05) is 17.8 Å². The lowest BCUT2D eigenvalue weighted by atomic mass is 10.1. The number of ether oxygens (including phenoxy) is 3. The molecule has 0 radical (unpaired) electrons. The van der Waals surface area contributed by atoms with Crippen LogP contribution in [0.25, 0.3) is 0 Å². The number of aliphatic hydroxyl groups is 4. The first kappa shape index (κ1) is 44.0. The fourth-order valence-electron chi connectivity index (χ4n) is 4.75. The Bertz CT molecular complexity index is 946. The van der Waals surface area contributed by atoms with E-state index in [1.807, 2.05) is 19.6 Å². The van der Waals surface area contributed by atoms with Crippen molar-refractivity contribution >= 4 is 45.7 Å². The van der Waals surface area contributed by atoms with Gasteiger partial charge >= 0.3 is 29.1 Å². The zero-order chi connectivity index (χ0) is 35.1. The average Bonchev–Trinajstić information content (AvgIpc) is 2.90. The SMILES string of the molecule is C=C(C)C(=O)OCCC[Si](C)(C)O[Si](C)(C)O[Si](C)(CCCOCC(O)C(O)C(O)CO)O[Si](C)(C)CCCOC(=O)C(=C)C. The molecular formula is C29H60O12Si4. The molecule has 0 aliphatic heterocycles. The zero-order valence-corrected chi connectivity index (χ0v) is 33.0. The fourth-order valence-corrected chi connectivity index (χ4v) is 24.4. The Labute approximate surface area is 274 Å². The first-order valence-corrected chi connectivity index (χ1v) is 27.1. The maximum Gasteiger partial charge on any atom is 0.333 e. The number of hydrogen-bond donors (Lipinski definition) is 4. The monoisotopic (exact) mass is 712 g/mol. The minimum Gasteiger partial charge on any atom is -0.462 e. The maximum atomic E-state index is 11.8. The second-order valence-electron chi connectivity index (χ2n) is 13.4. The summed E-state index contributed by atoms with van der Waals surface area (Å²) in [5, 5.41) is 38.4. The Morgan fingerprint density at radius 2 is 1.11 bits per heavy atom. The Hall–Kier alpha value is -1.03. The number of hydrogen-bond acceptors (Lipinski definition) is 12. The van der Waals surface area contributed by atoms with E-state index in [9.17, 15) is 24.9 Å². The molecule has 45 heavy (non-hydrogen) atoms. The summed E-state index contributed by atoms with van der Waals surface area (Å²) in [6.45, 7) is 25.0. The van der Waals surface area contributed by atoms with E-state index in [-0.39, 0.29) is 19.8 Å². The van der Waals surface area contributed by atoms with Crippen molar-refractivity contribution in [2.75, 3.05) is 33.0 Å². The lowest BCUT2D eigenvalue weighted by molar-refractivity contribution is -0.139. The molecule has 0 heterocycles. The Morgan fingerprint density at radius 3 is 1.56 bits per heavy atom. The molecule has 0 fully saturated rings. The third-order valence-corrected chi connectivity index (χ3v) is 22.9. The summed E-state index contributed by atoms with van der Waals surface area (Å²) in [7, 11) is -10.0. The quantitative estimate of drug-likeness (QED) is 0.0469. The Morgan fingerprint density at radius 1 is 0.667 bits per heavy atom. The third kappa shape index (κ3) is 20.1. The smallest absolute Gasteiger partial charge is 0.333 e. The Kier molecular flexibility index (Phi) is 19.9. The van der Waals surface area contributed by atoms with Crippen LogP contribution in [0.5, 0.6) is 0 Å². The van der Waals surface area contributed by atoms with Gasteiger partial charge in [0.15, 0.2) is 16.6 Å². The van der Waals surface area contributed by atoms with E-state index >= 15 is 0 Å². The molecule has 0 bridgehead atoms. The van der Waals surface area contributed by atoms with Gasteiger partial charge in [0.2, 0.25) is 0 Å².